The molecule has 0 aliphatic rings. The molecule has 0 unspecified atom stereocenters. The van der Waals surface area contributed by atoms with Crippen LogP contribution in [0, 0.1) is 0 Å². The van der Waals surface area contributed by atoms with Crippen molar-refractivity contribution in [1.82, 2.24) is 10.3 Å². The zero-order chi connectivity index (χ0) is 16.1. The molecule has 21 heavy (non-hydrogen) atoms. The van der Waals surface area contributed by atoms with E-state index < -0.39 is 30.6 Å². The van der Waals surface area contributed by atoms with Gasteiger partial charge in [-0.15, -0.1) is 0 Å². The summed E-state index contributed by atoms with van der Waals surface area (Å²) in [6.07, 6.45) is -8.34. The number of hydrogen-bond donors (Lipinski definition) is 1. The number of aromatic nitrogens is 1. The summed E-state index contributed by atoms with van der Waals surface area (Å²) < 4.78 is 76.1. The minimum Gasteiger partial charge on any atom is -0.370 e. The van der Waals surface area contributed by atoms with Gasteiger partial charge in [0, 0.05) is 12.7 Å². The molecule has 4 nitrogen and oxygen atoms in total. The molecular weight excluding hydrogens is 306 g/mol. The van der Waals surface area contributed by atoms with Crippen LogP contribution in [0.1, 0.15) is 16.1 Å². The number of amides is 1. The van der Waals surface area contributed by atoms with E-state index in [1.54, 1.807) is 0 Å². The molecule has 0 aliphatic heterocycles. The van der Waals surface area contributed by atoms with E-state index in [-0.39, 0.29) is 18.7 Å². The Morgan fingerprint density at radius 2 is 1.86 bits per heavy atom. The number of hydrogen-bond acceptors (Lipinski definition) is 3. The Balaban J connectivity index is 2.39. The minimum absolute atomic E-state index is 0.140. The number of rotatable bonds is 5. The largest absolute Gasteiger partial charge is 0.433 e. The molecule has 10 heteroatoms. The first-order valence-electron chi connectivity index (χ1n) is 5.55. The average Bonchev–Trinajstić information content (AvgIpc) is 2.36. The molecule has 0 aliphatic carbocycles. The van der Waals surface area contributed by atoms with Crippen molar-refractivity contribution in [3.8, 4) is 0 Å². The van der Waals surface area contributed by atoms with Crippen molar-refractivity contribution < 1.29 is 35.9 Å². The number of alkyl halides is 6. The molecule has 0 spiro atoms. The van der Waals surface area contributed by atoms with E-state index in [2.05, 4.69) is 15.0 Å². The van der Waals surface area contributed by atoms with Crippen LogP contribution in [-0.2, 0) is 10.9 Å². The van der Waals surface area contributed by atoms with E-state index in [0.717, 1.165) is 12.3 Å². The van der Waals surface area contributed by atoms with Crippen LogP contribution in [0.25, 0.3) is 0 Å². The van der Waals surface area contributed by atoms with Crippen LogP contribution in [-0.4, -0.2) is 36.8 Å². The molecule has 0 radical (unpaired) electrons. The van der Waals surface area contributed by atoms with Crippen LogP contribution in [0.15, 0.2) is 18.3 Å². The normalized spacial score (nSPS) is 12.3. The topological polar surface area (TPSA) is 51.2 Å². The Labute approximate surface area is 115 Å². The maximum Gasteiger partial charge on any atom is 0.433 e. The molecule has 1 N–H and O–H groups in total. The zero-order valence-electron chi connectivity index (χ0n) is 10.4. The van der Waals surface area contributed by atoms with Gasteiger partial charge in [-0.3, -0.25) is 9.78 Å². The van der Waals surface area contributed by atoms with Crippen molar-refractivity contribution in [1.29, 1.82) is 0 Å². The van der Waals surface area contributed by atoms with Crippen LogP contribution in [0.3, 0.4) is 0 Å². The summed E-state index contributed by atoms with van der Waals surface area (Å²) >= 11 is 0. The molecule has 1 rings (SSSR count). The third kappa shape index (κ3) is 6.43. The van der Waals surface area contributed by atoms with Gasteiger partial charge in [-0.1, -0.05) is 0 Å². The fourth-order valence-electron chi connectivity index (χ4n) is 1.22. The van der Waals surface area contributed by atoms with Crippen LogP contribution < -0.4 is 5.32 Å². The van der Waals surface area contributed by atoms with Crippen LogP contribution in [0.4, 0.5) is 26.3 Å². The highest BCUT2D eigenvalue weighted by Gasteiger charge is 2.32. The number of ether oxygens (including phenoxy) is 1. The quantitative estimate of drug-likeness (QED) is 0.670. The van der Waals surface area contributed by atoms with E-state index in [0.29, 0.717) is 6.07 Å². The molecule has 0 aromatic carbocycles. The second-order valence-electron chi connectivity index (χ2n) is 3.85. The lowest BCUT2D eigenvalue weighted by Crippen LogP contribution is -2.29. The van der Waals surface area contributed by atoms with Gasteiger partial charge in [-0.05, 0) is 12.1 Å². The van der Waals surface area contributed by atoms with Crippen LogP contribution >= 0.6 is 0 Å². The first-order chi connectivity index (χ1) is 9.59. The number of carbonyl (C=O) groups excluding carboxylic acids is 1. The van der Waals surface area contributed by atoms with Crippen molar-refractivity contribution >= 4 is 5.91 Å². The molecule has 0 saturated carbocycles. The van der Waals surface area contributed by atoms with Gasteiger partial charge in [0.2, 0.25) is 0 Å². The number of pyridine rings is 1. The van der Waals surface area contributed by atoms with Gasteiger partial charge >= 0.3 is 12.4 Å². The Bertz CT molecular complexity index is 469. The maximum atomic E-state index is 12.2. The Hall–Kier alpha value is -1.84. The molecule has 0 bridgehead atoms. The smallest absolute Gasteiger partial charge is 0.370 e. The predicted octanol–water partition coefficient (Wildman–Crippen LogP) is 2.41. The van der Waals surface area contributed by atoms with Crippen molar-refractivity contribution in [3.63, 3.8) is 0 Å². The first kappa shape index (κ1) is 17.2. The molecule has 0 saturated heterocycles. The van der Waals surface area contributed by atoms with E-state index >= 15 is 0 Å². The summed E-state index contributed by atoms with van der Waals surface area (Å²) in [5, 5.41) is 2.19. The van der Waals surface area contributed by atoms with Gasteiger partial charge < -0.3 is 10.1 Å². The second kappa shape index (κ2) is 6.74. The lowest BCUT2D eigenvalue weighted by Gasteiger charge is -2.09. The summed E-state index contributed by atoms with van der Waals surface area (Å²) in [6.45, 7) is -2.03. The molecule has 0 fully saturated rings. The molecule has 0 atom stereocenters. The van der Waals surface area contributed by atoms with Crippen molar-refractivity contribution in [2.24, 2.45) is 0 Å². The van der Waals surface area contributed by atoms with Crippen molar-refractivity contribution in [3.05, 3.63) is 29.6 Å². The highest BCUT2D eigenvalue weighted by molar-refractivity contribution is 5.93. The number of nitrogens with zero attached hydrogens (tertiary/aromatic N) is 1. The summed E-state index contributed by atoms with van der Waals surface area (Å²) in [7, 11) is 0. The van der Waals surface area contributed by atoms with Gasteiger partial charge in [0.25, 0.3) is 5.91 Å². The third-order valence-electron chi connectivity index (χ3n) is 2.11. The van der Waals surface area contributed by atoms with Crippen molar-refractivity contribution in [2.45, 2.75) is 12.4 Å². The molecule has 1 amide bonds. The van der Waals surface area contributed by atoms with Gasteiger partial charge in [0.15, 0.2) is 0 Å². The van der Waals surface area contributed by atoms with E-state index in [1.165, 1.54) is 0 Å². The number of carbonyl (C=O) groups is 1. The third-order valence-corrected chi connectivity index (χ3v) is 2.11. The molecule has 1 heterocycles. The first-order valence-corrected chi connectivity index (χ1v) is 5.55. The minimum atomic E-state index is -4.61. The molecule has 1 aromatic rings. The maximum absolute atomic E-state index is 12.2. The zero-order valence-corrected chi connectivity index (χ0v) is 10.4. The van der Waals surface area contributed by atoms with Crippen LogP contribution in [0.5, 0.6) is 0 Å². The summed E-state index contributed by atoms with van der Waals surface area (Å²) in [5.41, 5.74) is -1.29. The Kier molecular flexibility index (Phi) is 5.53. The monoisotopic (exact) mass is 316 g/mol. The van der Waals surface area contributed by atoms with Gasteiger partial charge in [0.05, 0.1) is 12.2 Å². The van der Waals surface area contributed by atoms with E-state index in [4.69, 9.17) is 0 Å². The van der Waals surface area contributed by atoms with Gasteiger partial charge in [0.1, 0.15) is 12.3 Å². The lowest BCUT2D eigenvalue weighted by molar-refractivity contribution is -0.173. The fourth-order valence-corrected chi connectivity index (χ4v) is 1.22. The second-order valence-corrected chi connectivity index (χ2v) is 3.85. The highest BCUT2D eigenvalue weighted by atomic mass is 19.4. The Morgan fingerprint density at radius 1 is 1.19 bits per heavy atom. The predicted molar refractivity (Wildman–Crippen MR) is 58.4 cm³/mol. The number of halogens is 6. The summed E-state index contributed by atoms with van der Waals surface area (Å²) in [4.78, 5) is 14.5. The molecule has 118 valence electrons. The average molecular weight is 316 g/mol. The number of nitrogens with one attached hydrogen (secondary N) is 1. The van der Waals surface area contributed by atoms with Crippen LogP contribution in [0.2, 0.25) is 0 Å². The standard InChI is InChI=1S/C11H10F6N2O2/c12-10(13,14)6-21-4-3-18-9(20)7-1-2-8(19-5-7)11(15,16)17/h1-2,5H,3-4,6H2,(H,18,20). The molecule has 1 aromatic heterocycles. The van der Waals surface area contributed by atoms with Gasteiger partial charge in [-0.2, -0.15) is 26.3 Å². The lowest BCUT2D eigenvalue weighted by atomic mass is 10.2. The SMILES string of the molecule is O=C(NCCOCC(F)(F)F)c1ccc(C(F)(F)F)nc1. The van der Waals surface area contributed by atoms with E-state index in [1.807, 2.05) is 0 Å². The van der Waals surface area contributed by atoms with Crippen molar-refractivity contribution in [2.75, 3.05) is 19.8 Å². The Morgan fingerprint density at radius 3 is 2.33 bits per heavy atom. The highest BCUT2D eigenvalue weighted by Crippen LogP contribution is 2.27. The molecular formula is C11H10F6N2O2. The summed E-state index contributed by atoms with van der Waals surface area (Å²) in [5.74, 6) is -0.758. The van der Waals surface area contributed by atoms with Gasteiger partial charge in [-0.25, -0.2) is 0 Å². The van der Waals surface area contributed by atoms with E-state index in [9.17, 15) is 31.1 Å². The fraction of sp³-hybridized carbons (Fsp3) is 0.455. The summed E-state index contributed by atoms with van der Waals surface area (Å²) in [6, 6.07) is 1.55.